The smallest absolute Gasteiger partial charge is 0.0692 e. The molecule has 0 aliphatic carbocycles. The molecule has 1 aromatic heterocycles. The van der Waals surface area contributed by atoms with Gasteiger partial charge in [0, 0.05) is 18.1 Å². The summed E-state index contributed by atoms with van der Waals surface area (Å²) in [7, 11) is 1.89. The highest BCUT2D eigenvalue weighted by Crippen LogP contribution is 2.29. The second kappa shape index (κ2) is 4.51. The molecule has 0 aliphatic heterocycles. The minimum atomic E-state index is 0.0729. The molecule has 1 heterocycles. The molecule has 0 amide bonds. The maximum Gasteiger partial charge on any atom is 0.0692 e. The number of hydrogen-bond acceptors (Lipinski definition) is 3. The Bertz CT molecular complexity index is 453. The molecule has 2 aromatic rings. The first-order valence-corrected chi connectivity index (χ1v) is 5.46. The van der Waals surface area contributed by atoms with E-state index in [1.165, 1.54) is 0 Å². The Kier molecular flexibility index (Phi) is 3.08. The van der Waals surface area contributed by atoms with Gasteiger partial charge in [-0.2, -0.15) is 5.10 Å². The summed E-state index contributed by atoms with van der Waals surface area (Å²) in [5.74, 6) is 0. The molecule has 0 atom stereocenters. The van der Waals surface area contributed by atoms with Gasteiger partial charge >= 0.3 is 0 Å². The number of aromatic nitrogens is 2. The molecule has 78 valence electrons. The monoisotopic (exact) mass is 220 g/mol. The predicted octanol–water partition coefficient (Wildman–Crippen LogP) is 2.06. The lowest BCUT2D eigenvalue weighted by Gasteiger charge is -2.04. The van der Waals surface area contributed by atoms with Gasteiger partial charge in [0.15, 0.2) is 0 Å². The van der Waals surface area contributed by atoms with Crippen molar-refractivity contribution >= 4 is 11.8 Å². The molecular formula is C11H12N2OS. The summed E-state index contributed by atoms with van der Waals surface area (Å²) >= 11 is 1.62. The van der Waals surface area contributed by atoms with E-state index < -0.39 is 0 Å². The molecule has 0 bridgehead atoms. The van der Waals surface area contributed by atoms with E-state index in [1.807, 2.05) is 43.7 Å². The van der Waals surface area contributed by atoms with Crippen LogP contribution in [0.3, 0.4) is 0 Å². The number of nitrogens with zero attached hydrogens (tertiary/aromatic N) is 2. The van der Waals surface area contributed by atoms with Crippen molar-refractivity contribution in [1.29, 1.82) is 0 Å². The molecular weight excluding hydrogens is 208 g/mol. The van der Waals surface area contributed by atoms with Gasteiger partial charge in [-0.05, 0) is 11.6 Å². The molecule has 0 aliphatic rings. The van der Waals surface area contributed by atoms with Gasteiger partial charge in [0.1, 0.15) is 0 Å². The molecule has 0 spiro atoms. The maximum atomic E-state index is 9.17. The van der Waals surface area contributed by atoms with Gasteiger partial charge in [0.25, 0.3) is 0 Å². The Balaban J connectivity index is 2.23. The van der Waals surface area contributed by atoms with Crippen LogP contribution in [0.4, 0.5) is 0 Å². The number of aliphatic hydroxyl groups excluding tert-OH is 1. The van der Waals surface area contributed by atoms with Crippen molar-refractivity contribution in [2.24, 2.45) is 7.05 Å². The normalized spacial score (nSPS) is 10.5. The lowest BCUT2D eigenvalue weighted by atomic mass is 10.2. The molecule has 0 fully saturated rings. The van der Waals surface area contributed by atoms with Gasteiger partial charge in [-0.3, -0.25) is 4.68 Å². The summed E-state index contributed by atoms with van der Waals surface area (Å²) in [5.41, 5.74) is 0.950. The topological polar surface area (TPSA) is 38.0 Å². The molecule has 15 heavy (non-hydrogen) atoms. The molecule has 1 aromatic carbocycles. The second-order valence-electron chi connectivity index (χ2n) is 3.22. The van der Waals surface area contributed by atoms with Crippen molar-refractivity contribution in [3.05, 3.63) is 42.2 Å². The maximum absolute atomic E-state index is 9.17. The fourth-order valence-electron chi connectivity index (χ4n) is 1.31. The van der Waals surface area contributed by atoms with Gasteiger partial charge in [-0.15, -0.1) is 0 Å². The largest absolute Gasteiger partial charge is 0.392 e. The predicted molar refractivity (Wildman–Crippen MR) is 59.7 cm³/mol. The summed E-state index contributed by atoms with van der Waals surface area (Å²) in [5, 5.41) is 13.3. The summed E-state index contributed by atoms with van der Waals surface area (Å²) in [6.07, 6.45) is 3.78. The number of benzene rings is 1. The third kappa shape index (κ3) is 2.40. The zero-order valence-corrected chi connectivity index (χ0v) is 9.24. The van der Waals surface area contributed by atoms with Crippen molar-refractivity contribution < 1.29 is 5.11 Å². The number of rotatable bonds is 3. The van der Waals surface area contributed by atoms with Crippen LogP contribution < -0.4 is 0 Å². The average Bonchev–Trinajstić information content (AvgIpc) is 2.65. The van der Waals surface area contributed by atoms with Crippen LogP contribution in [0.1, 0.15) is 5.56 Å². The zero-order chi connectivity index (χ0) is 10.7. The summed E-state index contributed by atoms with van der Waals surface area (Å²) in [4.78, 5) is 2.16. The van der Waals surface area contributed by atoms with Crippen LogP contribution in [-0.4, -0.2) is 14.9 Å². The lowest BCUT2D eigenvalue weighted by molar-refractivity contribution is 0.279. The van der Waals surface area contributed by atoms with Crippen molar-refractivity contribution in [3.8, 4) is 0 Å². The van der Waals surface area contributed by atoms with Crippen LogP contribution in [0.5, 0.6) is 0 Å². The Hall–Kier alpha value is -1.26. The molecule has 0 saturated carbocycles. The number of aryl methyl sites for hydroxylation is 1. The minimum Gasteiger partial charge on any atom is -0.392 e. The zero-order valence-electron chi connectivity index (χ0n) is 8.42. The molecule has 3 nitrogen and oxygen atoms in total. The van der Waals surface area contributed by atoms with E-state index in [0.717, 1.165) is 15.4 Å². The third-order valence-electron chi connectivity index (χ3n) is 2.05. The molecule has 0 radical (unpaired) electrons. The highest BCUT2D eigenvalue weighted by molar-refractivity contribution is 7.99. The first-order valence-electron chi connectivity index (χ1n) is 4.65. The third-order valence-corrected chi connectivity index (χ3v) is 3.12. The van der Waals surface area contributed by atoms with Crippen LogP contribution in [0.25, 0.3) is 0 Å². The van der Waals surface area contributed by atoms with Crippen LogP contribution in [0, 0.1) is 0 Å². The van der Waals surface area contributed by atoms with E-state index in [2.05, 4.69) is 5.10 Å². The average molecular weight is 220 g/mol. The lowest BCUT2D eigenvalue weighted by Crippen LogP contribution is -1.86. The Morgan fingerprint density at radius 1 is 1.40 bits per heavy atom. The summed E-state index contributed by atoms with van der Waals surface area (Å²) < 4.78 is 1.77. The molecule has 4 heteroatoms. The summed E-state index contributed by atoms with van der Waals surface area (Å²) in [6, 6.07) is 7.83. The van der Waals surface area contributed by atoms with Crippen molar-refractivity contribution in [2.45, 2.75) is 16.4 Å². The SMILES string of the molecule is Cn1cc(Sc2ccccc2CO)cn1. The van der Waals surface area contributed by atoms with E-state index in [4.69, 9.17) is 5.11 Å². The van der Waals surface area contributed by atoms with Crippen molar-refractivity contribution in [3.63, 3.8) is 0 Å². The van der Waals surface area contributed by atoms with Gasteiger partial charge in [0.2, 0.25) is 0 Å². The highest BCUT2D eigenvalue weighted by atomic mass is 32.2. The first-order chi connectivity index (χ1) is 7.29. The summed E-state index contributed by atoms with van der Waals surface area (Å²) in [6.45, 7) is 0.0729. The van der Waals surface area contributed by atoms with Crippen LogP contribution >= 0.6 is 11.8 Å². The fraction of sp³-hybridized carbons (Fsp3) is 0.182. The molecule has 0 saturated heterocycles. The van der Waals surface area contributed by atoms with E-state index in [-0.39, 0.29) is 6.61 Å². The van der Waals surface area contributed by atoms with Gasteiger partial charge in [-0.1, -0.05) is 30.0 Å². The molecule has 1 N–H and O–H groups in total. The standard InChI is InChI=1S/C11H12N2OS/c1-13-7-10(6-12-13)15-11-5-3-2-4-9(11)8-14/h2-7,14H,8H2,1H3. The quantitative estimate of drug-likeness (QED) is 0.860. The van der Waals surface area contributed by atoms with Gasteiger partial charge < -0.3 is 5.11 Å². The second-order valence-corrected chi connectivity index (χ2v) is 4.33. The van der Waals surface area contributed by atoms with Crippen LogP contribution in [-0.2, 0) is 13.7 Å². The number of hydrogen-bond donors (Lipinski definition) is 1. The van der Waals surface area contributed by atoms with Gasteiger partial charge in [0.05, 0.1) is 17.7 Å². The number of aliphatic hydroxyl groups is 1. The molecule has 0 unspecified atom stereocenters. The van der Waals surface area contributed by atoms with E-state index in [9.17, 15) is 0 Å². The van der Waals surface area contributed by atoms with Crippen molar-refractivity contribution in [2.75, 3.05) is 0 Å². The Labute approximate surface area is 92.7 Å². The fourth-order valence-corrected chi connectivity index (χ4v) is 2.28. The highest BCUT2D eigenvalue weighted by Gasteiger charge is 2.03. The van der Waals surface area contributed by atoms with Crippen LogP contribution in [0.15, 0.2) is 46.5 Å². The molecule has 2 rings (SSSR count). The van der Waals surface area contributed by atoms with E-state index in [1.54, 1.807) is 16.4 Å². The first kappa shape index (κ1) is 10.3. The minimum absolute atomic E-state index is 0.0729. The van der Waals surface area contributed by atoms with Crippen LogP contribution in [0.2, 0.25) is 0 Å². The van der Waals surface area contributed by atoms with Gasteiger partial charge in [-0.25, -0.2) is 0 Å². The van der Waals surface area contributed by atoms with E-state index >= 15 is 0 Å². The van der Waals surface area contributed by atoms with E-state index in [0.29, 0.717) is 0 Å². The Morgan fingerprint density at radius 2 is 2.20 bits per heavy atom. The van der Waals surface area contributed by atoms with Crippen molar-refractivity contribution in [1.82, 2.24) is 9.78 Å². The Morgan fingerprint density at radius 3 is 2.87 bits per heavy atom.